The lowest BCUT2D eigenvalue weighted by atomic mass is 10.0. The fraction of sp³-hybridized carbons (Fsp3) is 0.0526. The Morgan fingerprint density at radius 3 is 2.09 bits per heavy atom. The molecule has 0 bridgehead atoms. The molecule has 0 N–H and O–H groups in total. The van der Waals surface area contributed by atoms with Gasteiger partial charge in [-0.15, -0.1) is 0 Å². The molecular formula is C19H16N2O. The number of hydrogen-bond acceptors (Lipinski definition) is 3. The summed E-state index contributed by atoms with van der Waals surface area (Å²) in [6.07, 6.45) is 1.60. The fourth-order valence-corrected chi connectivity index (χ4v) is 2.12. The van der Waals surface area contributed by atoms with E-state index in [-0.39, 0.29) is 0 Å². The van der Waals surface area contributed by atoms with Crippen molar-refractivity contribution in [2.45, 2.75) is 6.92 Å². The van der Waals surface area contributed by atoms with Crippen LogP contribution in [0.1, 0.15) is 11.5 Å². The Morgan fingerprint density at radius 1 is 0.955 bits per heavy atom. The molecule has 0 saturated carbocycles. The topological polar surface area (TPSA) is 38.9 Å². The second-order valence-electron chi connectivity index (χ2n) is 5.10. The van der Waals surface area contributed by atoms with Gasteiger partial charge in [-0.25, -0.2) is 0 Å². The van der Waals surface area contributed by atoms with Crippen LogP contribution >= 0.6 is 0 Å². The maximum Gasteiger partial charge on any atom is 0.257 e. The molecule has 3 nitrogen and oxygen atoms in total. The molecule has 0 amide bonds. The average Bonchev–Trinajstić information content (AvgIpc) is 3.05. The second kappa shape index (κ2) is 5.82. The summed E-state index contributed by atoms with van der Waals surface area (Å²) in [5.74, 6) is 0.945. The van der Waals surface area contributed by atoms with E-state index in [1.807, 2.05) is 12.1 Å². The van der Waals surface area contributed by atoms with E-state index in [1.165, 1.54) is 11.1 Å². The third-order valence-corrected chi connectivity index (χ3v) is 3.48. The number of rotatable bonds is 4. The van der Waals surface area contributed by atoms with E-state index in [0.29, 0.717) is 17.3 Å². The standard InChI is InChI=1S/C19H16N2O/c1-4-14(3)19-20-18(21-22-19)17-11-9-16(10-12-17)15-7-5-13(2)6-8-15/h4-12H,1,3H2,2H3. The summed E-state index contributed by atoms with van der Waals surface area (Å²) in [5.41, 5.74) is 5.12. The van der Waals surface area contributed by atoms with Crippen molar-refractivity contribution in [2.24, 2.45) is 0 Å². The third kappa shape index (κ3) is 2.74. The lowest BCUT2D eigenvalue weighted by molar-refractivity contribution is 0.409. The van der Waals surface area contributed by atoms with Crippen LogP contribution in [0.3, 0.4) is 0 Å². The summed E-state index contributed by atoms with van der Waals surface area (Å²) >= 11 is 0. The van der Waals surface area contributed by atoms with Crippen molar-refractivity contribution >= 4 is 5.57 Å². The molecule has 0 saturated heterocycles. The van der Waals surface area contributed by atoms with Gasteiger partial charge in [0.25, 0.3) is 5.89 Å². The maximum atomic E-state index is 5.17. The van der Waals surface area contributed by atoms with E-state index < -0.39 is 0 Å². The molecule has 1 heterocycles. The number of nitrogens with zero attached hydrogens (tertiary/aromatic N) is 2. The highest BCUT2D eigenvalue weighted by Crippen LogP contribution is 2.24. The molecule has 3 rings (SSSR count). The zero-order chi connectivity index (χ0) is 15.5. The fourth-order valence-electron chi connectivity index (χ4n) is 2.12. The van der Waals surface area contributed by atoms with Crippen molar-refractivity contribution in [2.75, 3.05) is 0 Å². The number of aromatic nitrogens is 2. The predicted molar refractivity (Wildman–Crippen MR) is 89.1 cm³/mol. The highest BCUT2D eigenvalue weighted by atomic mass is 16.5. The molecule has 1 aromatic heterocycles. The largest absolute Gasteiger partial charge is 0.334 e. The summed E-state index contributed by atoms with van der Waals surface area (Å²) < 4.78 is 5.17. The molecule has 0 aliphatic rings. The Hall–Kier alpha value is -2.94. The molecule has 3 heteroatoms. The number of hydrogen-bond donors (Lipinski definition) is 0. The minimum atomic E-state index is 0.396. The number of benzene rings is 2. The monoisotopic (exact) mass is 288 g/mol. The van der Waals surface area contributed by atoms with Gasteiger partial charge in [0.1, 0.15) is 0 Å². The van der Waals surface area contributed by atoms with E-state index in [9.17, 15) is 0 Å². The summed E-state index contributed by atoms with van der Waals surface area (Å²) in [4.78, 5) is 4.32. The molecule has 0 aliphatic heterocycles. The Labute approximate surface area is 129 Å². The van der Waals surface area contributed by atoms with Crippen LogP contribution in [0, 0.1) is 6.92 Å². The molecule has 0 aliphatic carbocycles. The molecule has 108 valence electrons. The van der Waals surface area contributed by atoms with Crippen LogP contribution in [0.2, 0.25) is 0 Å². The highest BCUT2D eigenvalue weighted by molar-refractivity contribution is 5.69. The highest BCUT2D eigenvalue weighted by Gasteiger charge is 2.09. The van der Waals surface area contributed by atoms with Crippen molar-refractivity contribution in [3.05, 3.63) is 79.2 Å². The lowest BCUT2D eigenvalue weighted by Crippen LogP contribution is -1.83. The van der Waals surface area contributed by atoms with Gasteiger partial charge < -0.3 is 4.52 Å². The van der Waals surface area contributed by atoms with E-state index in [4.69, 9.17) is 4.52 Å². The minimum Gasteiger partial charge on any atom is -0.334 e. The summed E-state index contributed by atoms with van der Waals surface area (Å²) in [5, 5.41) is 3.97. The summed E-state index contributed by atoms with van der Waals surface area (Å²) in [6, 6.07) is 16.5. The van der Waals surface area contributed by atoms with Gasteiger partial charge >= 0.3 is 0 Å². The Morgan fingerprint density at radius 2 is 1.50 bits per heavy atom. The smallest absolute Gasteiger partial charge is 0.257 e. The molecule has 0 spiro atoms. The van der Waals surface area contributed by atoms with Crippen LogP contribution in [0.5, 0.6) is 0 Å². The zero-order valence-corrected chi connectivity index (χ0v) is 12.4. The van der Waals surface area contributed by atoms with Crippen molar-refractivity contribution in [1.29, 1.82) is 0 Å². The van der Waals surface area contributed by atoms with Crippen LogP contribution in [0.15, 0.2) is 72.3 Å². The van der Waals surface area contributed by atoms with Crippen LogP contribution < -0.4 is 0 Å². The first-order valence-electron chi connectivity index (χ1n) is 7.00. The zero-order valence-electron chi connectivity index (χ0n) is 12.4. The Kier molecular flexibility index (Phi) is 3.71. The summed E-state index contributed by atoms with van der Waals surface area (Å²) in [7, 11) is 0. The molecule has 0 fully saturated rings. The quantitative estimate of drug-likeness (QED) is 0.640. The van der Waals surface area contributed by atoms with Gasteiger partial charge in [0.15, 0.2) is 0 Å². The molecule has 0 atom stereocenters. The maximum absolute atomic E-state index is 5.17. The van der Waals surface area contributed by atoms with Crippen molar-refractivity contribution in [1.82, 2.24) is 10.1 Å². The first-order valence-corrected chi connectivity index (χ1v) is 7.00. The van der Waals surface area contributed by atoms with E-state index >= 15 is 0 Å². The summed E-state index contributed by atoms with van der Waals surface area (Å²) in [6.45, 7) is 9.52. The van der Waals surface area contributed by atoms with Crippen LogP contribution in [0.25, 0.3) is 28.1 Å². The second-order valence-corrected chi connectivity index (χ2v) is 5.10. The normalized spacial score (nSPS) is 10.4. The SMILES string of the molecule is C=CC(=C)c1nc(-c2ccc(-c3ccc(C)cc3)cc2)no1. The van der Waals surface area contributed by atoms with Gasteiger partial charge in [0, 0.05) is 11.1 Å². The van der Waals surface area contributed by atoms with E-state index in [1.54, 1.807) is 6.08 Å². The van der Waals surface area contributed by atoms with Crippen LogP contribution in [0.4, 0.5) is 0 Å². The first-order chi connectivity index (χ1) is 10.7. The Bertz CT molecular complexity index is 811. The molecule has 3 aromatic rings. The van der Waals surface area contributed by atoms with Gasteiger partial charge in [-0.05, 0) is 18.1 Å². The third-order valence-electron chi connectivity index (χ3n) is 3.48. The number of aryl methyl sites for hydroxylation is 1. The molecule has 0 radical (unpaired) electrons. The van der Waals surface area contributed by atoms with Crippen molar-refractivity contribution < 1.29 is 4.52 Å². The van der Waals surface area contributed by atoms with Crippen molar-refractivity contribution in [3.63, 3.8) is 0 Å². The lowest BCUT2D eigenvalue weighted by Gasteiger charge is -2.03. The van der Waals surface area contributed by atoms with Gasteiger partial charge in [0.2, 0.25) is 5.82 Å². The van der Waals surface area contributed by atoms with E-state index in [2.05, 4.69) is 66.6 Å². The molecule has 0 unspecified atom stereocenters. The van der Waals surface area contributed by atoms with Gasteiger partial charge in [-0.1, -0.05) is 78.5 Å². The molecule has 22 heavy (non-hydrogen) atoms. The molecule has 2 aromatic carbocycles. The van der Waals surface area contributed by atoms with Crippen LogP contribution in [-0.4, -0.2) is 10.1 Å². The Balaban J connectivity index is 1.88. The van der Waals surface area contributed by atoms with Gasteiger partial charge in [0.05, 0.1) is 0 Å². The molecular weight excluding hydrogens is 272 g/mol. The van der Waals surface area contributed by atoms with Gasteiger partial charge in [-0.3, -0.25) is 0 Å². The van der Waals surface area contributed by atoms with Gasteiger partial charge in [-0.2, -0.15) is 4.98 Å². The number of allylic oxidation sites excluding steroid dienone is 2. The average molecular weight is 288 g/mol. The van der Waals surface area contributed by atoms with Crippen molar-refractivity contribution in [3.8, 4) is 22.5 Å². The van der Waals surface area contributed by atoms with Crippen LogP contribution in [-0.2, 0) is 0 Å². The first kappa shape index (κ1) is 14.0. The van der Waals surface area contributed by atoms with E-state index in [0.717, 1.165) is 11.1 Å². The predicted octanol–water partition coefficient (Wildman–Crippen LogP) is 4.91. The minimum absolute atomic E-state index is 0.396.